The monoisotopic (exact) mass is 483 g/mol. The van der Waals surface area contributed by atoms with Gasteiger partial charge in [0, 0.05) is 45.6 Å². The molecule has 1 aliphatic rings. The molecule has 7 nitrogen and oxygen atoms in total. The molecule has 11 heteroatoms. The Balaban J connectivity index is 1.43. The minimum atomic E-state index is -4.46. The van der Waals surface area contributed by atoms with Crippen LogP contribution in [0, 0.1) is 0 Å². The van der Waals surface area contributed by atoms with Gasteiger partial charge in [-0.05, 0) is 29.8 Å². The van der Waals surface area contributed by atoms with E-state index in [1.165, 1.54) is 33.5 Å². The standard InChI is InChI=1S/C22H24F3N3O4S/c23-22(24,25)18-6-4-5-17(15-18)16-26-20(29)9-10-21(30)27-11-13-28(14-12-27)33(31,32)19-7-2-1-3-8-19/h1-8,15H,9-14,16H2,(H,26,29). The number of hydrogen-bond acceptors (Lipinski definition) is 4. The van der Waals surface area contributed by atoms with E-state index in [0.29, 0.717) is 5.56 Å². The van der Waals surface area contributed by atoms with Crippen LogP contribution in [0.5, 0.6) is 0 Å². The van der Waals surface area contributed by atoms with E-state index >= 15 is 0 Å². The predicted molar refractivity (Wildman–Crippen MR) is 114 cm³/mol. The highest BCUT2D eigenvalue weighted by molar-refractivity contribution is 7.89. The molecule has 3 rings (SSSR count). The van der Waals surface area contributed by atoms with Gasteiger partial charge in [0.25, 0.3) is 0 Å². The summed E-state index contributed by atoms with van der Waals surface area (Å²) in [6, 6.07) is 12.7. The smallest absolute Gasteiger partial charge is 0.352 e. The molecule has 2 aromatic rings. The molecular formula is C22H24F3N3O4S. The predicted octanol–water partition coefficient (Wildman–Crippen LogP) is 2.63. The fourth-order valence-electron chi connectivity index (χ4n) is 3.44. The van der Waals surface area contributed by atoms with Crippen molar-refractivity contribution >= 4 is 21.8 Å². The average Bonchev–Trinajstić information content (AvgIpc) is 2.81. The quantitative estimate of drug-likeness (QED) is 0.656. The third-order valence-corrected chi connectivity index (χ3v) is 7.20. The Labute approximate surface area is 190 Å². The van der Waals surface area contributed by atoms with Crippen molar-refractivity contribution in [1.82, 2.24) is 14.5 Å². The maximum absolute atomic E-state index is 12.8. The van der Waals surface area contributed by atoms with Gasteiger partial charge in [-0.25, -0.2) is 8.42 Å². The Morgan fingerprint density at radius 2 is 1.58 bits per heavy atom. The number of benzene rings is 2. The first-order valence-electron chi connectivity index (χ1n) is 10.3. The largest absolute Gasteiger partial charge is 0.416 e. The molecule has 1 fully saturated rings. The van der Waals surface area contributed by atoms with Gasteiger partial charge < -0.3 is 10.2 Å². The van der Waals surface area contributed by atoms with Crippen LogP contribution in [0.3, 0.4) is 0 Å². The normalized spacial score (nSPS) is 15.3. The molecule has 178 valence electrons. The molecule has 1 aliphatic heterocycles. The number of piperazine rings is 1. The Morgan fingerprint density at radius 3 is 2.21 bits per heavy atom. The third-order valence-electron chi connectivity index (χ3n) is 5.28. The SMILES string of the molecule is O=C(CCC(=O)N1CCN(S(=O)(=O)c2ccccc2)CC1)NCc1cccc(C(F)(F)F)c1. The Morgan fingerprint density at radius 1 is 0.909 bits per heavy atom. The summed E-state index contributed by atoms with van der Waals surface area (Å²) in [5.41, 5.74) is -0.488. The van der Waals surface area contributed by atoms with Gasteiger partial charge in [-0.1, -0.05) is 30.3 Å². The lowest BCUT2D eigenvalue weighted by atomic mass is 10.1. The van der Waals surface area contributed by atoms with Crippen LogP contribution in [0.15, 0.2) is 59.5 Å². The minimum Gasteiger partial charge on any atom is -0.352 e. The minimum absolute atomic E-state index is 0.0696. The van der Waals surface area contributed by atoms with Crippen molar-refractivity contribution in [3.05, 3.63) is 65.7 Å². The fourth-order valence-corrected chi connectivity index (χ4v) is 4.89. The molecule has 0 atom stereocenters. The van der Waals surface area contributed by atoms with Crippen LogP contribution in [-0.2, 0) is 32.3 Å². The first kappa shape index (κ1) is 24.7. The van der Waals surface area contributed by atoms with Crippen molar-refractivity contribution in [2.75, 3.05) is 26.2 Å². The van der Waals surface area contributed by atoms with E-state index in [-0.39, 0.29) is 56.4 Å². The zero-order valence-electron chi connectivity index (χ0n) is 17.7. The van der Waals surface area contributed by atoms with Gasteiger partial charge in [-0.2, -0.15) is 17.5 Å². The lowest BCUT2D eigenvalue weighted by molar-refractivity contribution is -0.137. The van der Waals surface area contributed by atoms with E-state index in [0.717, 1.165) is 12.1 Å². The summed E-state index contributed by atoms with van der Waals surface area (Å²) in [5, 5.41) is 2.52. The molecule has 2 amide bonds. The second kappa shape index (κ2) is 10.3. The van der Waals surface area contributed by atoms with E-state index in [4.69, 9.17) is 0 Å². The highest BCUT2D eigenvalue weighted by atomic mass is 32.2. The Hall–Kier alpha value is -2.92. The molecule has 0 aromatic heterocycles. The molecule has 0 unspecified atom stereocenters. The molecular weight excluding hydrogens is 459 g/mol. The second-order valence-corrected chi connectivity index (χ2v) is 9.51. The number of halogens is 3. The van der Waals surface area contributed by atoms with Gasteiger partial charge in [0.2, 0.25) is 21.8 Å². The summed E-state index contributed by atoms with van der Waals surface area (Å²) in [6.45, 7) is 0.676. The number of amides is 2. The number of rotatable bonds is 7. The lowest BCUT2D eigenvalue weighted by Gasteiger charge is -2.34. The first-order valence-corrected chi connectivity index (χ1v) is 11.8. The van der Waals surface area contributed by atoms with Crippen LogP contribution in [0.4, 0.5) is 13.2 Å². The fraction of sp³-hybridized carbons (Fsp3) is 0.364. The molecule has 1 N–H and O–H groups in total. The van der Waals surface area contributed by atoms with Crippen molar-refractivity contribution in [1.29, 1.82) is 0 Å². The van der Waals surface area contributed by atoms with Crippen LogP contribution >= 0.6 is 0 Å². The van der Waals surface area contributed by atoms with E-state index in [9.17, 15) is 31.2 Å². The van der Waals surface area contributed by atoms with Crippen molar-refractivity contribution in [3.8, 4) is 0 Å². The van der Waals surface area contributed by atoms with E-state index in [1.54, 1.807) is 18.2 Å². The number of nitrogens with one attached hydrogen (secondary N) is 1. The van der Waals surface area contributed by atoms with Crippen molar-refractivity contribution in [2.45, 2.75) is 30.5 Å². The summed E-state index contributed by atoms with van der Waals surface area (Å²) in [7, 11) is -3.62. The zero-order valence-corrected chi connectivity index (χ0v) is 18.5. The summed E-state index contributed by atoms with van der Waals surface area (Å²) in [5.74, 6) is -0.730. The first-order chi connectivity index (χ1) is 15.6. The average molecular weight is 484 g/mol. The van der Waals surface area contributed by atoms with E-state index in [1.807, 2.05) is 0 Å². The second-order valence-electron chi connectivity index (χ2n) is 7.57. The maximum atomic E-state index is 12.8. The zero-order chi connectivity index (χ0) is 24.1. The van der Waals surface area contributed by atoms with Crippen molar-refractivity contribution in [2.24, 2.45) is 0 Å². The van der Waals surface area contributed by atoms with Crippen LogP contribution in [0.25, 0.3) is 0 Å². The summed E-state index contributed by atoms with van der Waals surface area (Å²) in [6.07, 6.45) is -4.64. The van der Waals surface area contributed by atoms with Gasteiger partial charge in [0.05, 0.1) is 10.5 Å². The maximum Gasteiger partial charge on any atom is 0.416 e. The van der Waals surface area contributed by atoms with Crippen molar-refractivity contribution < 1.29 is 31.2 Å². The summed E-state index contributed by atoms with van der Waals surface area (Å²) < 4.78 is 64.9. The summed E-state index contributed by atoms with van der Waals surface area (Å²) >= 11 is 0. The number of alkyl halides is 3. The van der Waals surface area contributed by atoms with Gasteiger partial charge >= 0.3 is 6.18 Å². The van der Waals surface area contributed by atoms with Crippen LogP contribution in [0.1, 0.15) is 24.0 Å². The van der Waals surface area contributed by atoms with E-state index in [2.05, 4.69) is 5.32 Å². The number of carbonyl (C=O) groups excluding carboxylic acids is 2. The molecule has 33 heavy (non-hydrogen) atoms. The molecule has 2 aromatic carbocycles. The molecule has 1 heterocycles. The molecule has 0 radical (unpaired) electrons. The molecule has 0 aliphatic carbocycles. The number of carbonyl (C=O) groups is 2. The van der Waals surface area contributed by atoms with Crippen LogP contribution in [0.2, 0.25) is 0 Å². The van der Waals surface area contributed by atoms with Gasteiger partial charge in [0.15, 0.2) is 0 Å². The van der Waals surface area contributed by atoms with E-state index < -0.39 is 27.7 Å². The van der Waals surface area contributed by atoms with Crippen LogP contribution in [-0.4, -0.2) is 55.6 Å². The Bertz CT molecular complexity index is 1080. The van der Waals surface area contributed by atoms with Gasteiger partial charge in [0.1, 0.15) is 0 Å². The topological polar surface area (TPSA) is 86.8 Å². The number of nitrogens with zero attached hydrogens (tertiary/aromatic N) is 2. The summed E-state index contributed by atoms with van der Waals surface area (Å²) in [4.78, 5) is 26.2. The highest BCUT2D eigenvalue weighted by Crippen LogP contribution is 2.29. The molecule has 0 bridgehead atoms. The third kappa shape index (κ3) is 6.55. The number of sulfonamides is 1. The molecule has 1 saturated heterocycles. The van der Waals surface area contributed by atoms with Gasteiger partial charge in [-0.3, -0.25) is 9.59 Å². The number of hydrogen-bond donors (Lipinski definition) is 1. The highest BCUT2D eigenvalue weighted by Gasteiger charge is 2.31. The molecule has 0 saturated carbocycles. The van der Waals surface area contributed by atoms with Gasteiger partial charge in [-0.15, -0.1) is 0 Å². The van der Waals surface area contributed by atoms with Crippen molar-refractivity contribution in [3.63, 3.8) is 0 Å². The van der Waals surface area contributed by atoms with Crippen LogP contribution < -0.4 is 5.32 Å². The molecule has 0 spiro atoms. The lowest BCUT2D eigenvalue weighted by Crippen LogP contribution is -2.50. The Kier molecular flexibility index (Phi) is 7.75.